The first kappa shape index (κ1) is 16.2. The Morgan fingerprint density at radius 2 is 1.83 bits per heavy atom. The molecule has 2 aromatic carbocycles. The molecule has 0 amide bonds. The molecule has 0 unspecified atom stereocenters. The van der Waals surface area contributed by atoms with E-state index in [9.17, 15) is 0 Å². The molecule has 0 saturated heterocycles. The van der Waals surface area contributed by atoms with Gasteiger partial charge in [0.05, 0.1) is 14.2 Å². The second kappa shape index (κ2) is 6.87. The first-order chi connectivity index (χ1) is 11.7. The number of fused-ring (bicyclic) bond motifs is 1. The summed E-state index contributed by atoms with van der Waals surface area (Å²) in [7, 11) is 3.31. The Balaban J connectivity index is 2.23. The Labute approximate surface area is 142 Å². The third kappa shape index (κ3) is 2.92. The molecule has 0 atom stereocenters. The first-order valence-corrected chi connectivity index (χ1v) is 7.94. The zero-order chi connectivity index (χ0) is 17.1. The minimum atomic E-state index is 0.562. The summed E-state index contributed by atoms with van der Waals surface area (Å²) in [6, 6.07) is 10.2. The van der Waals surface area contributed by atoms with Crippen molar-refractivity contribution >= 4 is 16.3 Å². The van der Waals surface area contributed by atoms with Crippen LogP contribution >= 0.6 is 0 Å². The maximum Gasteiger partial charge on any atom is 0.168 e. The summed E-state index contributed by atoms with van der Waals surface area (Å²) < 4.78 is 22.5. The van der Waals surface area contributed by atoms with Gasteiger partial charge in [-0.2, -0.15) is 0 Å². The van der Waals surface area contributed by atoms with Gasteiger partial charge in [0.25, 0.3) is 0 Å². The van der Waals surface area contributed by atoms with E-state index in [2.05, 4.69) is 12.1 Å². The summed E-state index contributed by atoms with van der Waals surface area (Å²) in [6.07, 6.45) is 2.00. The van der Waals surface area contributed by atoms with Crippen LogP contribution in [0.5, 0.6) is 11.5 Å². The molecule has 4 nitrogen and oxygen atoms in total. The number of hydrogen-bond acceptors (Lipinski definition) is 4. The molecule has 0 spiro atoms. The molecule has 0 fully saturated rings. The fourth-order valence-corrected chi connectivity index (χ4v) is 2.98. The summed E-state index contributed by atoms with van der Waals surface area (Å²) in [5, 5.41) is 2.21. The van der Waals surface area contributed by atoms with Gasteiger partial charge in [-0.25, -0.2) is 0 Å². The van der Waals surface area contributed by atoms with Gasteiger partial charge in [0.2, 0.25) is 0 Å². The third-order valence-corrected chi connectivity index (χ3v) is 4.14. The quantitative estimate of drug-likeness (QED) is 0.826. The summed E-state index contributed by atoms with van der Waals surface area (Å²) in [5.41, 5.74) is 2.03. The number of hydrogen-bond donors (Lipinski definition) is 0. The van der Waals surface area contributed by atoms with Crippen LogP contribution in [0, 0.1) is 0 Å². The third-order valence-electron chi connectivity index (χ3n) is 4.14. The van der Waals surface area contributed by atoms with Crippen molar-refractivity contribution in [3.8, 4) is 11.5 Å². The van der Waals surface area contributed by atoms with E-state index in [1.54, 1.807) is 14.2 Å². The van der Waals surface area contributed by atoms with Crippen LogP contribution in [0.15, 0.2) is 47.9 Å². The van der Waals surface area contributed by atoms with Crippen molar-refractivity contribution < 1.29 is 18.9 Å². The summed E-state index contributed by atoms with van der Waals surface area (Å²) in [4.78, 5) is 0. The highest BCUT2D eigenvalue weighted by atomic mass is 16.6. The number of rotatable bonds is 4. The molecule has 1 aliphatic rings. The molecule has 126 valence electrons. The Hall–Kier alpha value is -2.62. The van der Waals surface area contributed by atoms with Crippen LogP contribution in [-0.2, 0) is 9.47 Å². The lowest BCUT2D eigenvalue weighted by molar-refractivity contribution is 0.0709. The van der Waals surface area contributed by atoms with Crippen LogP contribution in [0.1, 0.15) is 19.4 Å². The smallest absolute Gasteiger partial charge is 0.168 e. The average molecular weight is 326 g/mol. The van der Waals surface area contributed by atoms with Crippen LogP contribution in [0.2, 0.25) is 0 Å². The van der Waals surface area contributed by atoms with Gasteiger partial charge >= 0.3 is 0 Å². The average Bonchev–Trinajstić information content (AvgIpc) is 2.61. The molecular formula is C20H22O4. The Bertz CT molecular complexity index is 818. The predicted octanol–water partition coefficient (Wildman–Crippen LogP) is 4.54. The van der Waals surface area contributed by atoms with Crippen molar-refractivity contribution in [2.45, 2.75) is 13.8 Å². The maximum atomic E-state index is 5.73. The molecule has 4 heteroatoms. The molecule has 0 bridgehead atoms. The number of ether oxygens (including phenoxy) is 4. The van der Waals surface area contributed by atoms with Gasteiger partial charge in [0, 0.05) is 5.56 Å². The van der Waals surface area contributed by atoms with Crippen molar-refractivity contribution in [2.24, 2.45) is 0 Å². The van der Waals surface area contributed by atoms with E-state index in [0.29, 0.717) is 19.0 Å². The largest absolute Gasteiger partial charge is 0.493 e. The zero-order valence-corrected chi connectivity index (χ0v) is 14.5. The molecule has 0 saturated carbocycles. The Kier molecular flexibility index (Phi) is 4.65. The van der Waals surface area contributed by atoms with Crippen molar-refractivity contribution in [3.05, 3.63) is 53.5 Å². The highest BCUT2D eigenvalue weighted by molar-refractivity contribution is 5.98. The fraction of sp³-hybridized carbons (Fsp3) is 0.300. The fourth-order valence-electron chi connectivity index (χ4n) is 2.98. The monoisotopic (exact) mass is 326 g/mol. The summed E-state index contributed by atoms with van der Waals surface area (Å²) >= 11 is 0. The molecular weight excluding hydrogens is 304 g/mol. The van der Waals surface area contributed by atoms with Crippen LogP contribution in [0.25, 0.3) is 16.3 Å². The molecule has 1 heterocycles. The first-order valence-electron chi connectivity index (χ1n) is 7.94. The van der Waals surface area contributed by atoms with E-state index in [1.165, 1.54) is 0 Å². The number of methoxy groups -OCH3 is 2. The van der Waals surface area contributed by atoms with Gasteiger partial charge in [-0.15, -0.1) is 0 Å². The van der Waals surface area contributed by atoms with Gasteiger partial charge in [-0.05, 0) is 42.3 Å². The predicted molar refractivity (Wildman–Crippen MR) is 95.3 cm³/mol. The highest BCUT2D eigenvalue weighted by Crippen LogP contribution is 2.41. The van der Waals surface area contributed by atoms with Gasteiger partial charge in [-0.3, -0.25) is 0 Å². The van der Waals surface area contributed by atoms with E-state index < -0.39 is 0 Å². The minimum absolute atomic E-state index is 0.562. The molecule has 3 rings (SSSR count). The van der Waals surface area contributed by atoms with E-state index >= 15 is 0 Å². The highest BCUT2D eigenvalue weighted by Gasteiger charge is 2.18. The minimum Gasteiger partial charge on any atom is -0.493 e. The second-order valence-electron chi connectivity index (χ2n) is 5.65. The lowest BCUT2D eigenvalue weighted by atomic mass is 9.96. The summed E-state index contributed by atoms with van der Waals surface area (Å²) in [6.45, 7) is 5.11. The topological polar surface area (TPSA) is 36.9 Å². The normalized spacial score (nSPS) is 15.1. The van der Waals surface area contributed by atoms with Gasteiger partial charge in [0.1, 0.15) is 19.0 Å². The second-order valence-corrected chi connectivity index (χ2v) is 5.65. The molecule has 24 heavy (non-hydrogen) atoms. The molecule has 0 radical (unpaired) electrons. The van der Waals surface area contributed by atoms with Crippen LogP contribution in [0.4, 0.5) is 0 Å². The SMILES string of the molecule is COc1cc2ccccc2c(/C(C)=C/C2=C(C)OCCO2)c1OC. The Morgan fingerprint density at radius 1 is 1.08 bits per heavy atom. The van der Waals surface area contributed by atoms with Crippen molar-refractivity contribution in [3.63, 3.8) is 0 Å². The van der Waals surface area contributed by atoms with E-state index in [4.69, 9.17) is 18.9 Å². The van der Waals surface area contributed by atoms with Crippen LogP contribution in [0.3, 0.4) is 0 Å². The molecule has 2 aromatic rings. The van der Waals surface area contributed by atoms with Crippen molar-refractivity contribution in [1.82, 2.24) is 0 Å². The molecule has 0 aromatic heterocycles. The standard InChI is InChI=1S/C20H22O4/c1-13(11-17-14(2)23-9-10-24-17)19-16-8-6-5-7-15(16)12-18(21-3)20(19)22-4/h5-8,11-12H,9-10H2,1-4H3/b13-11+. The van der Waals surface area contributed by atoms with Gasteiger partial charge in [0.15, 0.2) is 17.3 Å². The Morgan fingerprint density at radius 3 is 2.54 bits per heavy atom. The molecule has 0 aliphatic carbocycles. The van der Waals surface area contributed by atoms with Crippen LogP contribution in [-0.4, -0.2) is 27.4 Å². The zero-order valence-electron chi connectivity index (χ0n) is 14.5. The van der Waals surface area contributed by atoms with Gasteiger partial charge in [-0.1, -0.05) is 24.3 Å². The van der Waals surface area contributed by atoms with E-state index in [1.807, 2.05) is 38.1 Å². The molecule has 0 N–H and O–H groups in total. The van der Waals surface area contributed by atoms with E-state index in [-0.39, 0.29) is 0 Å². The number of allylic oxidation sites excluding steroid dienone is 3. The lowest BCUT2D eigenvalue weighted by Gasteiger charge is -2.20. The van der Waals surface area contributed by atoms with Crippen molar-refractivity contribution in [2.75, 3.05) is 27.4 Å². The van der Waals surface area contributed by atoms with Crippen molar-refractivity contribution in [1.29, 1.82) is 0 Å². The van der Waals surface area contributed by atoms with E-state index in [0.717, 1.165) is 39.2 Å². The molecule has 1 aliphatic heterocycles. The van der Waals surface area contributed by atoms with Gasteiger partial charge < -0.3 is 18.9 Å². The number of benzene rings is 2. The van der Waals surface area contributed by atoms with Crippen LogP contribution < -0.4 is 9.47 Å². The lowest BCUT2D eigenvalue weighted by Crippen LogP contribution is -2.11. The summed E-state index contributed by atoms with van der Waals surface area (Å²) in [5.74, 6) is 2.99. The maximum absolute atomic E-state index is 5.73.